The van der Waals surface area contributed by atoms with Gasteiger partial charge in [0.2, 0.25) is 0 Å². The van der Waals surface area contributed by atoms with Crippen LogP contribution in [-0.4, -0.2) is 56.3 Å². The third kappa shape index (κ3) is 10.3. The summed E-state index contributed by atoms with van der Waals surface area (Å²) in [6, 6.07) is 0.231. The maximum absolute atomic E-state index is 11.3. The predicted molar refractivity (Wildman–Crippen MR) is 69.6 cm³/mol. The summed E-state index contributed by atoms with van der Waals surface area (Å²) in [5, 5.41) is 13.9. The fourth-order valence-electron chi connectivity index (χ4n) is 1.34. The van der Waals surface area contributed by atoms with Crippen molar-refractivity contribution in [2.24, 2.45) is 0 Å². The van der Waals surface area contributed by atoms with Gasteiger partial charge in [0, 0.05) is 19.7 Å². The minimum Gasteiger partial charge on any atom is -0.444 e. The van der Waals surface area contributed by atoms with E-state index in [0.717, 1.165) is 19.5 Å². The van der Waals surface area contributed by atoms with E-state index in [1.54, 1.807) is 7.11 Å². The molecule has 0 aliphatic carbocycles. The van der Waals surface area contributed by atoms with Crippen molar-refractivity contribution in [3.8, 4) is 0 Å². The molecule has 6 heteroatoms. The molecule has 3 N–H and O–H groups in total. The van der Waals surface area contributed by atoms with Crippen molar-refractivity contribution < 1.29 is 19.4 Å². The molecule has 18 heavy (non-hydrogen) atoms. The molecular weight excluding hydrogens is 236 g/mol. The number of rotatable bonds is 3. The van der Waals surface area contributed by atoms with E-state index in [4.69, 9.17) is 9.84 Å². The molecule has 1 atom stereocenters. The first kappa shape index (κ1) is 17.2. The van der Waals surface area contributed by atoms with Crippen molar-refractivity contribution in [2.75, 3.05) is 33.4 Å². The molecule has 1 saturated heterocycles. The zero-order valence-corrected chi connectivity index (χ0v) is 11.8. The van der Waals surface area contributed by atoms with Crippen molar-refractivity contribution >= 4 is 6.09 Å². The lowest BCUT2D eigenvalue weighted by molar-refractivity contribution is 0.0508. The van der Waals surface area contributed by atoms with Crippen LogP contribution in [0.1, 0.15) is 27.2 Å². The first-order valence-electron chi connectivity index (χ1n) is 6.19. The molecule has 108 valence electrons. The zero-order chi connectivity index (χ0) is 14.0. The van der Waals surface area contributed by atoms with E-state index >= 15 is 0 Å². The molecule has 1 amide bonds. The summed E-state index contributed by atoms with van der Waals surface area (Å²) in [7, 11) is 1.55. The number of alkyl carbamates (subject to hydrolysis) is 1. The Morgan fingerprint density at radius 1 is 1.50 bits per heavy atom. The summed E-state index contributed by atoms with van der Waals surface area (Å²) >= 11 is 0. The Morgan fingerprint density at radius 2 is 2.17 bits per heavy atom. The molecule has 1 unspecified atom stereocenters. The molecule has 1 rings (SSSR count). The Morgan fingerprint density at radius 3 is 2.50 bits per heavy atom. The van der Waals surface area contributed by atoms with Crippen LogP contribution in [0.2, 0.25) is 0 Å². The van der Waals surface area contributed by atoms with E-state index in [-0.39, 0.29) is 18.7 Å². The molecule has 1 aliphatic rings. The van der Waals surface area contributed by atoms with Crippen LogP contribution in [0.15, 0.2) is 0 Å². The standard InChI is InChI=1S/C9H18N2O2.C3H8O2/c1-9(2,3)13-8(12)11-7-4-5-10-6-7;1-5-3-2-4/h7,10H,4-6H2,1-3H3,(H,11,12);4H,2-3H2,1H3. The number of ether oxygens (including phenoxy) is 2. The van der Waals surface area contributed by atoms with Crippen LogP contribution in [0.5, 0.6) is 0 Å². The van der Waals surface area contributed by atoms with Crippen molar-refractivity contribution in [2.45, 2.75) is 38.8 Å². The lowest BCUT2D eigenvalue weighted by Gasteiger charge is -2.21. The highest BCUT2D eigenvalue weighted by Gasteiger charge is 2.21. The molecule has 0 saturated carbocycles. The van der Waals surface area contributed by atoms with Crippen LogP contribution in [0.25, 0.3) is 0 Å². The third-order valence-electron chi connectivity index (χ3n) is 2.08. The number of amides is 1. The van der Waals surface area contributed by atoms with E-state index in [2.05, 4.69) is 15.4 Å². The summed E-state index contributed by atoms with van der Waals surface area (Å²) in [5.74, 6) is 0. The Bertz CT molecular complexity index is 221. The smallest absolute Gasteiger partial charge is 0.407 e. The van der Waals surface area contributed by atoms with Crippen LogP contribution in [0.4, 0.5) is 4.79 Å². The second-order valence-corrected chi connectivity index (χ2v) is 5.05. The number of aliphatic hydroxyl groups is 1. The van der Waals surface area contributed by atoms with Crippen molar-refractivity contribution in [3.05, 3.63) is 0 Å². The topological polar surface area (TPSA) is 79.8 Å². The van der Waals surface area contributed by atoms with Crippen LogP contribution >= 0.6 is 0 Å². The highest BCUT2D eigenvalue weighted by Crippen LogP contribution is 2.07. The molecule has 1 aliphatic heterocycles. The van der Waals surface area contributed by atoms with Gasteiger partial charge in [0.1, 0.15) is 5.60 Å². The van der Waals surface area contributed by atoms with Crippen LogP contribution in [0.3, 0.4) is 0 Å². The van der Waals surface area contributed by atoms with Crippen molar-refractivity contribution in [1.82, 2.24) is 10.6 Å². The Labute approximate surface area is 109 Å². The summed E-state index contributed by atoms with van der Waals surface area (Å²) < 4.78 is 9.56. The normalized spacial score (nSPS) is 18.8. The number of methoxy groups -OCH3 is 1. The van der Waals surface area contributed by atoms with E-state index in [9.17, 15) is 4.79 Å². The van der Waals surface area contributed by atoms with Gasteiger partial charge in [-0.2, -0.15) is 0 Å². The fourth-order valence-corrected chi connectivity index (χ4v) is 1.34. The second-order valence-electron chi connectivity index (χ2n) is 5.05. The molecule has 0 aromatic heterocycles. The van der Waals surface area contributed by atoms with E-state index in [1.807, 2.05) is 20.8 Å². The number of hydrogen-bond donors (Lipinski definition) is 3. The first-order chi connectivity index (χ1) is 8.39. The largest absolute Gasteiger partial charge is 0.444 e. The quantitative estimate of drug-likeness (QED) is 0.690. The molecule has 6 nitrogen and oxygen atoms in total. The van der Waals surface area contributed by atoms with Gasteiger partial charge in [0.05, 0.1) is 13.2 Å². The third-order valence-corrected chi connectivity index (χ3v) is 2.08. The van der Waals surface area contributed by atoms with E-state index in [0.29, 0.717) is 6.61 Å². The van der Waals surface area contributed by atoms with E-state index < -0.39 is 5.60 Å². The maximum atomic E-state index is 11.3. The Hall–Kier alpha value is -0.850. The maximum Gasteiger partial charge on any atom is 0.407 e. The second kappa shape index (κ2) is 9.13. The van der Waals surface area contributed by atoms with Crippen LogP contribution in [-0.2, 0) is 9.47 Å². The van der Waals surface area contributed by atoms with Crippen LogP contribution in [0, 0.1) is 0 Å². The van der Waals surface area contributed by atoms with Gasteiger partial charge in [-0.1, -0.05) is 0 Å². The molecule has 0 aromatic carbocycles. The average molecular weight is 262 g/mol. The SMILES string of the molecule is CC(C)(C)OC(=O)NC1CCNC1.COCCO. The number of carbonyl (C=O) groups is 1. The van der Waals surface area contributed by atoms with Gasteiger partial charge in [0.15, 0.2) is 0 Å². The van der Waals surface area contributed by atoms with Crippen molar-refractivity contribution in [1.29, 1.82) is 0 Å². The van der Waals surface area contributed by atoms with Gasteiger partial charge in [-0.15, -0.1) is 0 Å². The number of carbonyl (C=O) groups excluding carboxylic acids is 1. The fraction of sp³-hybridized carbons (Fsp3) is 0.917. The van der Waals surface area contributed by atoms with Crippen molar-refractivity contribution in [3.63, 3.8) is 0 Å². The summed E-state index contributed by atoms with van der Waals surface area (Å²) in [5.41, 5.74) is -0.407. The van der Waals surface area contributed by atoms with Gasteiger partial charge in [-0.3, -0.25) is 0 Å². The molecule has 0 aromatic rings. The lowest BCUT2D eigenvalue weighted by atomic mass is 10.2. The molecule has 1 fully saturated rings. The highest BCUT2D eigenvalue weighted by atomic mass is 16.6. The summed E-state index contributed by atoms with van der Waals surface area (Å²) in [6.07, 6.45) is 0.667. The number of aliphatic hydroxyl groups excluding tert-OH is 1. The Kier molecular flexibility index (Phi) is 8.70. The molecular formula is C12H26N2O4. The summed E-state index contributed by atoms with van der Waals surface area (Å²) in [6.45, 7) is 7.97. The molecule has 0 bridgehead atoms. The monoisotopic (exact) mass is 262 g/mol. The van der Waals surface area contributed by atoms with Gasteiger partial charge < -0.3 is 25.2 Å². The predicted octanol–water partition coefficient (Wildman–Crippen LogP) is 0.498. The van der Waals surface area contributed by atoms with Crippen LogP contribution < -0.4 is 10.6 Å². The minimum absolute atomic E-state index is 0.122. The summed E-state index contributed by atoms with van der Waals surface area (Å²) in [4.78, 5) is 11.3. The molecule has 1 heterocycles. The number of nitrogens with one attached hydrogen (secondary N) is 2. The first-order valence-corrected chi connectivity index (χ1v) is 6.19. The average Bonchev–Trinajstić information content (AvgIpc) is 2.69. The Balaban J connectivity index is 0.000000494. The molecule has 0 radical (unpaired) electrons. The highest BCUT2D eigenvalue weighted by molar-refractivity contribution is 5.68. The van der Waals surface area contributed by atoms with Gasteiger partial charge in [-0.25, -0.2) is 4.79 Å². The van der Waals surface area contributed by atoms with Gasteiger partial charge in [-0.05, 0) is 33.7 Å². The zero-order valence-electron chi connectivity index (χ0n) is 11.8. The minimum atomic E-state index is -0.407. The molecule has 0 spiro atoms. The van der Waals surface area contributed by atoms with Gasteiger partial charge in [0.25, 0.3) is 0 Å². The van der Waals surface area contributed by atoms with E-state index in [1.165, 1.54) is 0 Å². The number of hydrogen-bond acceptors (Lipinski definition) is 5. The lowest BCUT2D eigenvalue weighted by Crippen LogP contribution is -2.40. The van der Waals surface area contributed by atoms with Gasteiger partial charge >= 0.3 is 6.09 Å².